The molecule has 2 heteroatoms. The predicted molar refractivity (Wildman–Crippen MR) is 101 cm³/mol. The van der Waals surface area contributed by atoms with Gasteiger partial charge in [-0.3, -0.25) is 9.89 Å². The van der Waals surface area contributed by atoms with E-state index in [1.165, 1.54) is 16.7 Å². The van der Waals surface area contributed by atoms with Gasteiger partial charge in [-0.2, -0.15) is 0 Å². The van der Waals surface area contributed by atoms with Crippen molar-refractivity contribution in [1.29, 1.82) is 0 Å². The van der Waals surface area contributed by atoms with E-state index in [0.29, 0.717) is 0 Å². The second-order valence-corrected chi connectivity index (χ2v) is 5.04. The van der Waals surface area contributed by atoms with Crippen LogP contribution in [0.5, 0.6) is 0 Å². The van der Waals surface area contributed by atoms with Gasteiger partial charge in [0.25, 0.3) is 0 Å². The SMILES string of the molecule is CC.CC=Nc1ccc(CN(C)CC(/C=C\C)=C/C)cc1C. The highest BCUT2D eigenvalue weighted by atomic mass is 15.1. The van der Waals surface area contributed by atoms with Crippen LogP contribution in [0.3, 0.4) is 0 Å². The topological polar surface area (TPSA) is 15.6 Å². The molecule has 1 aromatic rings. The molecule has 0 spiro atoms. The third kappa shape index (κ3) is 7.37. The van der Waals surface area contributed by atoms with Gasteiger partial charge in [-0.25, -0.2) is 0 Å². The Kier molecular flexibility index (Phi) is 11.0. The number of hydrogen-bond acceptors (Lipinski definition) is 2. The molecule has 122 valence electrons. The summed E-state index contributed by atoms with van der Waals surface area (Å²) in [6.07, 6.45) is 8.26. The minimum Gasteiger partial charge on any atom is -0.298 e. The molecule has 0 radical (unpaired) electrons. The van der Waals surface area contributed by atoms with Gasteiger partial charge in [0.1, 0.15) is 0 Å². The van der Waals surface area contributed by atoms with Crippen molar-refractivity contribution >= 4 is 11.9 Å². The number of aliphatic imine (C=N–C) groups is 1. The maximum absolute atomic E-state index is 4.36. The van der Waals surface area contributed by atoms with Gasteiger partial charge in [-0.15, -0.1) is 0 Å². The van der Waals surface area contributed by atoms with E-state index >= 15 is 0 Å². The van der Waals surface area contributed by atoms with Gasteiger partial charge in [-0.05, 0) is 57.5 Å². The zero-order valence-corrected chi connectivity index (χ0v) is 15.4. The highest BCUT2D eigenvalue weighted by Gasteiger charge is 2.04. The van der Waals surface area contributed by atoms with Crippen LogP contribution in [0.2, 0.25) is 0 Å². The van der Waals surface area contributed by atoms with Crippen molar-refractivity contribution in [2.24, 2.45) is 4.99 Å². The number of rotatable bonds is 6. The molecule has 1 rings (SSSR count). The fraction of sp³-hybridized carbons (Fsp3) is 0.450. The summed E-state index contributed by atoms with van der Waals surface area (Å²) in [7, 11) is 2.15. The molecule has 0 atom stereocenters. The lowest BCUT2D eigenvalue weighted by atomic mass is 10.1. The Morgan fingerprint density at radius 2 is 1.86 bits per heavy atom. The molecule has 0 N–H and O–H groups in total. The van der Waals surface area contributed by atoms with Crippen molar-refractivity contribution in [3.63, 3.8) is 0 Å². The number of nitrogens with zero attached hydrogens (tertiary/aromatic N) is 2. The number of aryl methyl sites for hydroxylation is 1. The zero-order valence-electron chi connectivity index (χ0n) is 15.4. The second-order valence-electron chi connectivity index (χ2n) is 5.04. The highest BCUT2D eigenvalue weighted by Crippen LogP contribution is 2.20. The van der Waals surface area contributed by atoms with E-state index in [-0.39, 0.29) is 0 Å². The first kappa shape index (κ1) is 20.3. The molecule has 0 aliphatic carbocycles. The van der Waals surface area contributed by atoms with Crippen LogP contribution in [0.1, 0.15) is 45.7 Å². The van der Waals surface area contributed by atoms with E-state index in [0.717, 1.165) is 18.8 Å². The minimum absolute atomic E-state index is 0.950. The lowest BCUT2D eigenvalue weighted by Gasteiger charge is -2.18. The van der Waals surface area contributed by atoms with Gasteiger partial charge < -0.3 is 0 Å². The molecule has 0 saturated heterocycles. The Morgan fingerprint density at radius 3 is 2.36 bits per heavy atom. The van der Waals surface area contributed by atoms with Gasteiger partial charge in [0, 0.05) is 19.3 Å². The molecule has 0 fully saturated rings. The lowest BCUT2D eigenvalue weighted by molar-refractivity contribution is 0.357. The minimum atomic E-state index is 0.950. The maximum atomic E-state index is 4.36. The summed E-state index contributed by atoms with van der Waals surface area (Å²) in [5, 5.41) is 0. The molecular formula is C20H32N2. The molecule has 22 heavy (non-hydrogen) atoms. The van der Waals surface area contributed by atoms with Crippen LogP contribution >= 0.6 is 0 Å². The van der Waals surface area contributed by atoms with Crippen molar-refractivity contribution in [1.82, 2.24) is 4.90 Å². The second kappa shape index (κ2) is 11.9. The molecule has 0 saturated carbocycles. The van der Waals surface area contributed by atoms with Gasteiger partial charge in [0.15, 0.2) is 0 Å². The molecule has 0 aromatic heterocycles. The Morgan fingerprint density at radius 1 is 1.18 bits per heavy atom. The van der Waals surface area contributed by atoms with E-state index in [9.17, 15) is 0 Å². The summed E-state index contributed by atoms with van der Waals surface area (Å²) in [6.45, 7) is 14.1. The van der Waals surface area contributed by atoms with Crippen LogP contribution in [-0.2, 0) is 6.54 Å². The fourth-order valence-electron chi connectivity index (χ4n) is 2.23. The van der Waals surface area contributed by atoms with Crippen LogP contribution < -0.4 is 0 Å². The van der Waals surface area contributed by atoms with Crippen molar-refractivity contribution < 1.29 is 0 Å². The summed E-state index contributed by atoms with van der Waals surface area (Å²) in [4.78, 5) is 6.68. The Bertz CT molecular complexity index is 510. The van der Waals surface area contributed by atoms with Crippen LogP contribution in [0.25, 0.3) is 0 Å². The summed E-state index contributed by atoms with van der Waals surface area (Å²) < 4.78 is 0. The average molecular weight is 300 g/mol. The van der Waals surface area contributed by atoms with Crippen LogP contribution in [0.4, 0.5) is 5.69 Å². The number of likely N-dealkylation sites (N-methyl/N-ethyl adjacent to an activating group) is 1. The predicted octanol–water partition coefficient (Wildman–Crippen LogP) is 5.70. The number of hydrogen-bond donors (Lipinski definition) is 0. The molecule has 0 aliphatic heterocycles. The van der Waals surface area contributed by atoms with Crippen LogP contribution in [0, 0.1) is 6.92 Å². The van der Waals surface area contributed by atoms with Crippen LogP contribution in [0.15, 0.2) is 47.0 Å². The normalized spacial score (nSPS) is 12.1. The Hall–Kier alpha value is -1.67. The van der Waals surface area contributed by atoms with Gasteiger partial charge in [0.05, 0.1) is 5.69 Å². The van der Waals surface area contributed by atoms with E-state index < -0.39 is 0 Å². The quantitative estimate of drug-likeness (QED) is 0.486. The number of benzene rings is 1. The van der Waals surface area contributed by atoms with Crippen molar-refractivity contribution in [3.05, 3.63) is 53.1 Å². The zero-order chi connectivity index (χ0) is 17.0. The highest BCUT2D eigenvalue weighted by molar-refractivity contribution is 5.62. The lowest BCUT2D eigenvalue weighted by Crippen LogP contribution is -2.20. The third-order valence-corrected chi connectivity index (χ3v) is 3.19. The molecule has 0 unspecified atom stereocenters. The van der Waals surface area contributed by atoms with Gasteiger partial charge in [-0.1, -0.05) is 44.2 Å². The molecule has 0 amide bonds. The van der Waals surface area contributed by atoms with E-state index in [1.54, 1.807) is 0 Å². The van der Waals surface area contributed by atoms with Crippen molar-refractivity contribution in [2.45, 2.75) is 48.1 Å². The summed E-state index contributed by atoms with van der Waals surface area (Å²) in [5.41, 5.74) is 4.96. The largest absolute Gasteiger partial charge is 0.298 e. The average Bonchev–Trinajstić information content (AvgIpc) is 2.51. The fourth-order valence-corrected chi connectivity index (χ4v) is 2.23. The van der Waals surface area contributed by atoms with Crippen molar-refractivity contribution in [2.75, 3.05) is 13.6 Å². The van der Waals surface area contributed by atoms with E-state index in [1.807, 2.05) is 27.0 Å². The molecule has 1 aromatic carbocycles. The van der Waals surface area contributed by atoms with E-state index in [2.05, 4.69) is 74.1 Å². The smallest absolute Gasteiger partial charge is 0.0654 e. The standard InChI is InChI=1S/C18H26N2.C2H6/c1-6-9-16(7-2)13-20(5)14-17-10-11-18(19-8-3)15(4)12-17;1-2/h6-12H,13-14H2,1-5H3;1-2H3/b9-6-,16-7+,19-8?;. The monoisotopic (exact) mass is 300 g/mol. The number of allylic oxidation sites excluding steroid dienone is 2. The summed E-state index contributed by atoms with van der Waals surface area (Å²) in [6, 6.07) is 6.49. The van der Waals surface area contributed by atoms with Crippen LogP contribution in [-0.4, -0.2) is 24.7 Å². The van der Waals surface area contributed by atoms with Gasteiger partial charge in [0.2, 0.25) is 0 Å². The molecule has 0 bridgehead atoms. The summed E-state index contributed by atoms with van der Waals surface area (Å²) >= 11 is 0. The molecule has 2 nitrogen and oxygen atoms in total. The first-order valence-electron chi connectivity index (χ1n) is 8.15. The first-order chi connectivity index (χ1) is 10.6. The third-order valence-electron chi connectivity index (χ3n) is 3.19. The molecule has 0 aliphatic rings. The first-order valence-corrected chi connectivity index (χ1v) is 8.15. The van der Waals surface area contributed by atoms with Gasteiger partial charge >= 0.3 is 0 Å². The van der Waals surface area contributed by atoms with Crippen molar-refractivity contribution in [3.8, 4) is 0 Å². The maximum Gasteiger partial charge on any atom is 0.0654 e. The molecule has 0 heterocycles. The molecular weight excluding hydrogens is 268 g/mol. The summed E-state index contributed by atoms with van der Waals surface area (Å²) in [5.74, 6) is 0. The van der Waals surface area contributed by atoms with E-state index in [4.69, 9.17) is 0 Å². The Balaban J connectivity index is 0.00000211. The Labute approximate surface area is 137 Å².